The van der Waals surface area contributed by atoms with Crippen molar-refractivity contribution in [2.24, 2.45) is 17.8 Å². The first-order valence-corrected chi connectivity index (χ1v) is 8.97. The fourth-order valence-electron chi connectivity index (χ4n) is 4.10. The third-order valence-corrected chi connectivity index (χ3v) is 5.14. The van der Waals surface area contributed by atoms with Crippen LogP contribution in [0.1, 0.15) is 65.7 Å². The summed E-state index contributed by atoms with van der Waals surface area (Å²) in [5.74, 6) is 2.58. The van der Waals surface area contributed by atoms with E-state index in [9.17, 15) is 0 Å². The highest BCUT2D eigenvalue weighted by atomic mass is 16.5. The molecule has 2 aliphatic heterocycles. The summed E-state index contributed by atoms with van der Waals surface area (Å²) in [4.78, 5) is 2.77. The molecule has 118 valence electrons. The molecule has 0 aliphatic carbocycles. The van der Waals surface area contributed by atoms with Crippen LogP contribution in [0, 0.1) is 17.8 Å². The largest absolute Gasteiger partial charge is 0.381 e. The number of hydrogen-bond acceptors (Lipinski definition) is 2. The van der Waals surface area contributed by atoms with Gasteiger partial charge < -0.3 is 9.64 Å². The van der Waals surface area contributed by atoms with Gasteiger partial charge in [0.15, 0.2) is 0 Å². The van der Waals surface area contributed by atoms with E-state index in [0.717, 1.165) is 37.0 Å². The molecule has 0 amide bonds. The summed E-state index contributed by atoms with van der Waals surface area (Å²) < 4.78 is 5.49. The fourth-order valence-corrected chi connectivity index (χ4v) is 4.10. The molecule has 0 spiro atoms. The first kappa shape index (κ1) is 16.3. The molecule has 0 aromatic carbocycles. The van der Waals surface area contributed by atoms with Crippen LogP contribution < -0.4 is 0 Å². The van der Waals surface area contributed by atoms with E-state index in [1.54, 1.807) is 0 Å². The molecule has 2 saturated heterocycles. The molecule has 0 bridgehead atoms. The minimum absolute atomic E-state index is 0.849. The smallest absolute Gasteiger partial charge is 0.0495 e. The predicted molar refractivity (Wildman–Crippen MR) is 86.0 cm³/mol. The zero-order chi connectivity index (χ0) is 14.4. The van der Waals surface area contributed by atoms with Crippen LogP contribution in [0.2, 0.25) is 0 Å². The Morgan fingerprint density at radius 2 is 2.00 bits per heavy atom. The molecule has 0 aromatic heterocycles. The second kappa shape index (κ2) is 8.38. The zero-order valence-corrected chi connectivity index (χ0v) is 13.9. The molecule has 3 atom stereocenters. The van der Waals surface area contributed by atoms with E-state index in [4.69, 9.17) is 4.74 Å². The highest BCUT2D eigenvalue weighted by Gasteiger charge is 2.25. The molecule has 0 N–H and O–H groups in total. The zero-order valence-electron chi connectivity index (χ0n) is 13.9. The number of rotatable bonds is 8. The molecular formula is C18H35NO. The lowest BCUT2D eigenvalue weighted by atomic mass is 9.92. The molecule has 0 saturated carbocycles. The van der Waals surface area contributed by atoms with Gasteiger partial charge in [-0.1, -0.05) is 20.8 Å². The van der Waals surface area contributed by atoms with E-state index < -0.39 is 0 Å². The van der Waals surface area contributed by atoms with Crippen LogP contribution in [0.5, 0.6) is 0 Å². The number of hydrogen-bond donors (Lipinski definition) is 0. The quantitative estimate of drug-likeness (QED) is 0.656. The van der Waals surface area contributed by atoms with Gasteiger partial charge in [0, 0.05) is 19.3 Å². The van der Waals surface area contributed by atoms with Crippen molar-refractivity contribution in [3.8, 4) is 0 Å². The summed E-state index contributed by atoms with van der Waals surface area (Å²) in [6, 6.07) is 0.883. The summed E-state index contributed by atoms with van der Waals surface area (Å²) >= 11 is 0. The maximum Gasteiger partial charge on any atom is 0.0495 e. The Hall–Kier alpha value is -0.0800. The summed E-state index contributed by atoms with van der Waals surface area (Å²) in [5.41, 5.74) is 0. The highest BCUT2D eigenvalue weighted by Crippen LogP contribution is 2.26. The van der Waals surface area contributed by atoms with Crippen LogP contribution in [-0.2, 0) is 4.74 Å². The number of ether oxygens (including phenoxy) is 1. The van der Waals surface area contributed by atoms with Crippen LogP contribution in [0.4, 0.5) is 0 Å². The van der Waals surface area contributed by atoms with Crippen LogP contribution in [0.15, 0.2) is 0 Å². The Morgan fingerprint density at radius 3 is 2.70 bits per heavy atom. The monoisotopic (exact) mass is 281 g/mol. The van der Waals surface area contributed by atoms with Crippen molar-refractivity contribution in [3.63, 3.8) is 0 Å². The Labute approximate surface area is 126 Å². The van der Waals surface area contributed by atoms with Crippen molar-refractivity contribution in [3.05, 3.63) is 0 Å². The van der Waals surface area contributed by atoms with Crippen molar-refractivity contribution >= 4 is 0 Å². The molecule has 0 aromatic rings. The van der Waals surface area contributed by atoms with Gasteiger partial charge in [-0.3, -0.25) is 0 Å². The van der Waals surface area contributed by atoms with Crippen molar-refractivity contribution in [2.75, 3.05) is 26.3 Å². The van der Waals surface area contributed by atoms with E-state index in [1.165, 1.54) is 58.0 Å². The van der Waals surface area contributed by atoms with Crippen molar-refractivity contribution < 1.29 is 4.74 Å². The molecule has 20 heavy (non-hydrogen) atoms. The van der Waals surface area contributed by atoms with E-state index in [1.807, 2.05) is 0 Å². The first-order valence-electron chi connectivity index (χ1n) is 8.97. The van der Waals surface area contributed by atoms with Crippen molar-refractivity contribution in [2.45, 2.75) is 71.8 Å². The Bertz CT molecular complexity index is 260. The van der Waals surface area contributed by atoms with Gasteiger partial charge in [0.25, 0.3) is 0 Å². The summed E-state index contributed by atoms with van der Waals surface area (Å²) in [5, 5.41) is 0. The molecule has 2 nitrogen and oxygen atoms in total. The Balaban J connectivity index is 1.59. The maximum absolute atomic E-state index is 5.49. The van der Waals surface area contributed by atoms with Gasteiger partial charge >= 0.3 is 0 Å². The number of nitrogens with zero attached hydrogens (tertiary/aromatic N) is 1. The lowest BCUT2D eigenvalue weighted by molar-refractivity contribution is 0.178. The first-order chi connectivity index (χ1) is 9.65. The molecule has 2 heterocycles. The molecular weight excluding hydrogens is 246 g/mol. The molecule has 2 heteroatoms. The second-order valence-electron chi connectivity index (χ2n) is 7.67. The predicted octanol–water partition coefficient (Wildman–Crippen LogP) is 4.34. The lowest BCUT2D eigenvalue weighted by Gasteiger charge is -2.26. The van der Waals surface area contributed by atoms with Gasteiger partial charge in [-0.05, 0) is 75.8 Å². The molecule has 0 radical (unpaired) electrons. The molecule has 2 aliphatic rings. The highest BCUT2D eigenvalue weighted by molar-refractivity contribution is 4.80. The van der Waals surface area contributed by atoms with Crippen molar-refractivity contribution in [1.29, 1.82) is 0 Å². The summed E-state index contributed by atoms with van der Waals surface area (Å²) in [6.07, 6.45) is 9.74. The average Bonchev–Trinajstić information content (AvgIpc) is 3.01. The van der Waals surface area contributed by atoms with Gasteiger partial charge in [0.05, 0.1) is 0 Å². The maximum atomic E-state index is 5.49. The second-order valence-corrected chi connectivity index (χ2v) is 7.67. The van der Waals surface area contributed by atoms with E-state index in [2.05, 4.69) is 25.7 Å². The van der Waals surface area contributed by atoms with E-state index in [-0.39, 0.29) is 0 Å². The fraction of sp³-hybridized carbons (Fsp3) is 1.00. The average molecular weight is 281 g/mol. The van der Waals surface area contributed by atoms with E-state index >= 15 is 0 Å². The third-order valence-electron chi connectivity index (χ3n) is 5.14. The minimum atomic E-state index is 0.849. The molecule has 2 fully saturated rings. The van der Waals surface area contributed by atoms with Crippen LogP contribution in [0.3, 0.4) is 0 Å². The van der Waals surface area contributed by atoms with Crippen molar-refractivity contribution in [1.82, 2.24) is 4.90 Å². The lowest BCUT2D eigenvalue weighted by Crippen LogP contribution is -2.31. The van der Waals surface area contributed by atoms with Crippen LogP contribution >= 0.6 is 0 Å². The molecule has 2 rings (SSSR count). The summed E-state index contributed by atoms with van der Waals surface area (Å²) in [7, 11) is 0. The normalized spacial score (nSPS) is 29.4. The van der Waals surface area contributed by atoms with Gasteiger partial charge in [-0.25, -0.2) is 0 Å². The topological polar surface area (TPSA) is 12.5 Å². The SMILES string of the molecule is CC(C)CC1CCCN1CCC[C@H](C)CC1CCOC1. The van der Waals surface area contributed by atoms with E-state index in [0.29, 0.717) is 0 Å². The standard InChI is InChI=1S/C18H35NO/c1-15(2)12-18-7-5-10-19(18)9-4-6-16(3)13-17-8-11-20-14-17/h15-18H,4-14H2,1-3H3/t16-,17?,18?/m0/s1. The molecule has 2 unspecified atom stereocenters. The van der Waals surface area contributed by atoms with Gasteiger partial charge in [0.2, 0.25) is 0 Å². The van der Waals surface area contributed by atoms with Crippen LogP contribution in [0.25, 0.3) is 0 Å². The van der Waals surface area contributed by atoms with Gasteiger partial charge in [-0.15, -0.1) is 0 Å². The number of likely N-dealkylation sites (tertiary alicyclic amines) is 1. The Kier molecular flexibility index (Phi) is 6.83. The summed E-state index contributed by atoms with van der Waals surface area (Å²) in [6.45, 7) is 11.9. The third kappa shape index (κ3) is 5.37. The Morgan fingerprint density at radius 1 is 1.15 bits per heavy atom. The minimum Gasteiger partial charge on any atom is -0.381 e. The van der Waals surface area contributed by atoms with Gasteiger partial charge in [0.1, 0.15) is 0 Å². The van der Waals surface area contributed by atoms with Crippen LogP contribution in [-0.4, -0.2) is 37.2 Å². The van der Waals surface area contributed by atoms with Gasteiger partial charge in [-0.2, -0.15) is 0 Å².